The molecule has 0 unspecified atom stereocenters. The molecule has 0 spiro atoms. The van der Waals surface area contributed by atoms with Gasteiger partial charge in [0.05, 0.1) is 17.6 Å². The zero-order valence-electron chi connectivity index (χ0n) is 15.7. The van der Waals surface area contributed by atoms with Crippen molar-refractivity contribution in [3.8, 4) is 22.9 Å². The lowest BCUT2D eigenvalue weighted by Gasteiger charge is -2.08. The van der Waals surface area contributed by atoms with E-state index in [0.717, 1.165) is 34.5 Å². The van der Waals surface area contributed by atoms with Crippen LogP contribution in [-0.4, -0.2) is 20.2 Å². The van der Waals surface area contributed by atoms with E-state index >= 15 is 0 Å². The van der Waals surface area contributed by atoms with Crippen LogP contribution >= 0.6 is 0 Å². The van der Waals surface area contributed by atoms with Crippen molar-refractivity contribution in [1.82, 2.24) is 20.2 Å². The monoisotopic (exact) mass is 378 g/mol. The Hall–Kier alpha value is -3.60. The molecule has 2 heterocycles. The van der Waals surface area contributed by atoms with Gasteiger partial charge in [-0.3, -0.25) is 4.98 Å². The van der Waals surface area contributed by atoms with Crippen LogP contribution in [0, 0.1) is 0 Å². The van der Waals surface area contributed by atoms with Gasteiger partial charge in [0.25, 0.3) is 0 Å². The predicted molar refractivity (Wildman–Crippen MR) is 110 cm³/mol. The first-order valence-corrected chi connectivity index (χ1v) is 9.90. The molecule has 2 aromatic heterocycles. The van der Waals surface area contributed by atoms with Crippen LogP contribution in [0.3, 0.4) is 0 Å². The van der Waals surface area contributed by atoms with E-state index in [9.17, 15) is 0 Å². The lowest BCUT2D eigenvalue weighted by atomic mass is 10.0. The van der Waals surface area contributed by atoms with Crippen LogP contribution < -0.4 is 0 Å². The summed E-state index contributed by atoms with van der Waals surface area (Å²) in [7, 11) is 0. The first-order valence-electron chi connectivity index (χ1n) is 9.90. The van der Waals surface area contributed by atoms with Gasteiger partial charge in [0.1, 0.15) is 0 Å². The molecule has 0 amide bonds. The molecule has 1 fully saturated rings. The summed E-state index contributed by atoms with van der Waals surface area (Å²) in [5, 5.41) is 8.49. The minimum atomic E-state index is 0.524. The second-order valence-corrected chi connectivity index (χ2v) is 7.58. The van der Waals surface area contributed by atoms with Gasteiger partial charge in [-0.05, 0) is 54.7 Å². The highest BCUT2D eigenvalue weighted by Gasteiger charge is 2.26. The third-order valence-corrected chi connectivity index (χ3v) is 5.54. The maximum absolute atomic E-state index is 5.95. The Morgan fingerprint density at radius 3 is 2.52 bits per heavy atom. The van der Waals surface area contributed by atoms with Gasteiger partial charge in [-0.15, -0.1) is 10.2 Å². The Kier molecular flexibility index (Phi) is 3.66. The second kappa shape index (κ2) is 6.48. The summed E-state index contributed by atoms with van der Waals surface area (Å²) in [4.78, 5) is 9.32. The van der Waals surface area contributed by atoms with E-state index in [1.54, 1.807) is 0 Å². The molecule has 0 saturated heterocycles. The maximum atomic E-state index is 5.95. The van der Waals surface area contributed by atoms with Crippen LogP contribution in [0.1, 0.15) is 41.3 Å². The molecule has 5 heteroatoms. The zero-order valence-corrected chi connectivity index (χ0v) is 15.7. The van der Waals surface area contributed by atoms with Crippen molar-refractivity contribution in [1.29, 1.82) is 0 Å². The third-order valence-electron chi connectivity index (χ3n) is 5.54. The quantitative estimate of drug-likeness (QED) is 0.497. The van der Waals surface area contributed by atoms with Gasteiger partial charge in [0.2, 0.25) is 11.8 Å². The summed E-state index contributed by atoms with van der Waals surface area (Å²) in [5.41, 5.74) is 7.48. The van der Waals surface area contributed by atoms with E-state index in [4.69, 9.17) is 9.40 Å². The molecule has 0 radical (unpaired) electrons. The molecule has 4 aromatic rings. The fourth-order valence-corrected chi connectivity index (χ4v) is 3.83. The summed E-state index contributed by atoms with van der Waals surface area (Å²) in [6, 6.07) is 16.1. The lowest BCUT2D eigenvalue weighted by molar-refractivity contribution is 0.584. The van der Waals surface area contributed by atoms with Crippen molar-refractivity contribution in [2.75, 3.05) is 0 Å². The van der Waals surface area contributed by atoms with Crippen LogP contribution in [-0.2, 0) is 6.42 Å². The zero-order chi connectivity index (χ0) is 19.2. The van der Waals surface area contributed by atoms with E-state index in [1.807, 2.05) is 48.8 Å². The first-order chi connectivity index (χ1) is 14.3. The molecular formula is C24H18N4O. The van der Waals surface area contributed by atoms with E-state index in [-0.39, 0.29) is 0 Å². The van der Waals surface area contributed by atoms with Crippen LogP contribution in [0.15, 0.2) is 71.4 Å². The average molecular weight is 378 g/mol. The molecule has 0 N–H and O–H groups in total. The van der Waals surface area contributed by atoms with Crippen molar-refractivity contribution < 1.29 is 4.42 Å². The minimum absolute atomic E-state index is 0.524. The summed E-state index contributed by atoms with van der Waals surface area (Å²) in [6.07, 6.45) is 9.34. The number of benzene rings is 2. The molecule has 6 rings (SSSR count). The van der Waals surface area contributed by atoms with Crippen molar-refractivity contribution >= 4 is 5.57 Å². The van der Waals surface area contributed by atoms with Gasteiger partial charge in [0, 0.05) is 28.8 Å². The Morgan fingerprint density at radius 1 is 0.862 bits per heavy atom. The van der Waals surface area contributed by atoms with Crippen LogP contribution in [0.4, 0.5) is 0 Å². The second-order valence-electron chi connectivity index (χ2n) is 7.58. The van der Waals surface area contributed by atoms with Crippen LogP contribution in [0.5, 0.6) is 0 Å². The predicted octanol–water partition coefficient (Wildman–Crippen LogP) is 5.06. The van der Waals surface area contributed by atoms with Gasteiger partial charge in [0.15, 0.2) is 0 Å². The van der Waals surface area contributed by atoms with Crippen LogP contribution in [0.2, 0.25) is 0 Å². The lowest BCUT2D eigenvalue weighted by Crippen LogP contribution is -1.96. The Labute approximate surface area is 168 Å². The number of allylic oxidation sites excluding steroid dienone is 1. The summed E-state index contributed by atoms with van der Waals surface area (Å²) in [6.45, 7) is 0. The third kappa shape index (κ3) is 2.95. The highest BCUT2D eigenvalue weighted by Crippen LogP contribution is 2.40. The normalized spacial score (nSPS) is 15.2. The fraction of sp³-hybridized carbons (Fsp3) is 0.167. The van der Waals surface area contributed by atoms with Crippen molar-refractivity contribution in [2.45, 2.75) is 25.2 Å². The SMILES string of the molecule is C1=C(c2cncc(C3CC3)n2)c2cc(-c3nnc(-c4ccccc4)o3)ccc2C1. The Bertz CT molecular complexity index is 1240. The molecular weight excluding hydrogens is 360 g/mol. The van der Waals surface area contributed by atoms with Gasteiger partial charge in [-0.1, -0.05) is 30.3 Å². The molecule has 0 atom stereocenters. The molecule has 2 aliphatic carbocycles. The standard InChI is InChI=1S/C24H18N4O/c1-2-4-17(5-3-1)23-27-28-24(29-23)18-9-6-15-10-11-19(20(15)12-18)22-14-25-13-21(26-22)16-7-8-16/h1-6,9,11-14,16H,7-8,10H2. The van der Waals surface area contributed by atoms with Gasteiger partial charge in [-0.25, -0.2) is 4.98 Å². The van der Waals surface area contributed by atoms with Crippen molar-refractivity contribution in [3.05, 3.63) is 89.5 Å². The molecule has 2 aliphatic rings. The topological polar surface area (TPSA) is 64.7 Å². The Morgan fingerprint density at radius 2 is 1.69 bits per heavy atom. The maximum Gasteiger partial charge on any atom is 0.248 e. The van der Waals surface area contributed by atoms with E-state index in [0.29, 0.717) is 17.7 Å². The van der Waals surface area contributed by atoms with E-state index in [2.05, 4.69) is 33.4 Å². The molecule has 2 aromatic carbocycles. The largest absolute Gasteiger partial charge is 0.416 e. The number of hydrogen-bond donors (Lipinski definition) is 0. The molecule has 140 valence electrons. The number of nitrogens with zero attached hydrogens (tertiary/aromatic N) is 4. The molecule has 5 nitrogen and oxygen atoms in total. The molecule has 29 heavy (non-hydrogen) atoms. The number of rotatable bonds is 4. The first kappa shape index (κ1) is 16.4. The Balaban J connectivity index is 1.36. The van der Waals surface area contributed by atoms with Crippen molar-refractivity contribution in [2.24, 2.45) is 0 Å². The van der Waals surface area contributed by atoms with Crippen molar-refractivity contribution in [3.63, 3.8) is 0 Å². The summed E-state index contributed by atoms with van der Waals surface area (Å²) >= 11 is 0. The molecule has 1 saturated carbocycles. The minimum Gasteiger partial charge on any atom is -0.416 e. The summed E-state index contributed by atoms with van der Waals surface area (Å²) in [5.74, 6) is 1.64. The van der Waals surface area contributed by atoms with E-state index < -0.39 is 0 Å². The molecule has 0 bridgehead atoms. The van der Waals surface area contributed by atoms with Gasteiger partial charge < -0.3 is 4.42 Å². The summed E-state index contributed by atoms with van der Waals surface area (Å²) < 4.78 is 5.95. The highest BCUT2D eigenvalue weighted by atomic mass is 16.4. The smallest absolute Gasteiger partial charge is 0.248 e. The van der Waals surface area contributed by atoms with Gasteiger partial charge >= 0.3 is 0 Å². The molecule has 0 aliphatic heterocycles. The average Bonchev–Trinajstić information content (AvgIpc) is 3.36. The fourth-order valence-electron chi connectivity index (χ4n) is 3.83. The highest BCUT2D eigenvalue weighted by molar-refractivity contribution is 5.84. The number of hydrogen-bond acceptors (Lipinski definition) is 5. The van der Waals surface area contributed by atoms with E-state index in [1.165, 1.54) is 24.0 Å². The van der Waals surface area contributed by atoms with Crippen LogP contribution in [0.25, 0.3) is 28.5 Å². The van der Waals surface area contributed by atoms with Gasteiger partial charge in [-0.2, -0.15) is 0 Å². The number of fused-ring (bicyclic) bond motifs is 1. The number of aromatic nitrogens is 4.